The van der Waals surface area contributed by atoms with Crippen molar-refractivity contribution in [1.82, 2.24) is 0 Å². The maximum absolute atomic E-state index is 12.1. The lowest BCUT2D eigenvalue weighted by atomic mass is 10.2. The van der Waals surface area contributed by atoms with E-state index in [1.165, 1.54) is 0 Å². The molecule has 0 spiro atoms. The molecule has 0 aromatic heterocycles. The SMILES string of the molecule is CC(=O)/C(=C/C(=O)Oc1cccc([S+](c2ccccc2)c2ccccc2)c1)C(=O)O. The summed E-state index contributed by atoms with van der Waals surface area (Å²) in [5.41, 5.74) is -0.621. The average molecular weight is 419 g/mol. The molecule has 0 amide bonds. The minimum Gasteiger partial charge on any atom is -0.478 e. The number of hydrogen-bond acceptors (Lipinski definition) is 4. The fourth-order valence-corrected chi connectivity index (χ4v) is 4.89. The molecule has 5 nitrogen and oxygen atoms in total. The van der Waals surface area contributed by atoms with Gasteiger partial charge >= 0.3 is 11.9 Å². The predicted octanol–water partition coefficient (Wildman–Crippen LogP) is 4.29. The van der Waals surface area contributed by atoms with E-state index in [-0.39, 0.29) is 5.75 Å². The minimum atomic E-state index is -1.47. The second kappa shape index (κ2) is 9.71. The number of carboxylic acid groups (broad SMARTS) is 1. The highest BCUT2D eigenvalue weighted by Crippen LogP contribution is 2.32. The Morgan fingerprint density at radius 1 is 0.800 bits per heavy atom. The van der Waals surface area contributed by atoms with Gasteiger partial charge in [0.1, 0.15) is 11.3 Å². The summed E-state index contributed by atoms with van der Waals surface area (Å²) in [6.07, 6.45) is 0.700. The zero-order valence-electron chi connectivity index (χ0n) is 16.1. The number of carbonyl (C=O) groups excluding carboxylic acids is 2. The number of rotatable bonds is 7. The fourth-order valence-electron chi connectivity index (χ4n) is 2.76. The minimum absolute atomic E-state index is 0.270. The Balaban J connectivity index is 1.94. The van der Waals surface area contributed by atoms with E-state index >= 15 is 0 Å². The lowest BCUT2D eigenvalue weighted by molar-refractivity contribution is -0.136. The smallest absolute Gasteiger partial charge is 0.339 e. The molecule has 0 saturated carbocycles. The van der Waals surface area contributed by atoms with Crippen LogP contribution in [-0.2, 0) is 25.3 Å². The number of esters is 1. The van der Waals surface area contributed by atoms with Crippen LogP contribution in [0.2, 0.25) is 0 Å². The van der Waals surface area contributed by atoms with Gasteiger partial charge in [-0.25, -0.2) is 9.59 Å². The second-order valence-electron chi connectivity index (χ2n) is 6.25. The van der Waals surface area contributed by atoms with Gasteiger partial charge in [-0.2, -0.15) is 0 Å². The molecule has 0 atom stereocenters. The molecular formula is C24H19O5S+. The summed E-state index contributed by atoms with van der Waals surface area (Å²) >= 11 is 0. The predicted molar refractivity (Wildman–Crippen MR) is 114 cm³/mol. The number of benzene rings is 3. The van der Waals surface area contributed by atoms with Crippen LogP contribution in [0.1, 0.15) is 6.92 Å². The van der Waals surface area contributed by atoms with E-state index in [0.717, 1.165) is 21.6 Å². The third-order valence-corrected chi connectivity index (χ3v) is 6.30. The standard InChI is InChI=1S/C24H18O5S/c1-17(25)22(24(27)28)16-23(26)29-18-9-8-14-21(15-18)30(19-10-4-2-5-11-19)20-12-6-3-7-13-20/h2-16H,1H3/p+1/b22-16-. The number of carboxylic acids is 1. The van der Waals surface area contributed by atoms with Gasteiger partial charge in [0.25, 0.3) is 0 Å². The number of carbonyl (C=O) groups is 3. The largest absolute Gasteiger partial charge is 0.478 e. The Hall–Kier alpha value is -3.64. The average Bonchev–Trinajstić information content (AvgIpc) is 2.74. The zero-order chi connectivity index (χ0) is 21.5. The van der Waals surface area contributed by atoms with Crippen molar-refractivity contribution < 1.29 is 24.2 Å². The molecule has 3 rings (SSSR count). The molecule has 0 aliphatic rings. The molecule has 0 aliphatic carbocycles. The third-order valence-electron chi connectivity index (χ3n) is 4.09. The van der Waals surface area contributed by atoms with Crippen LogP contribution in [0.5, 0.6) is 5.75 Å². The molecule has 150 valence electrons. The number of ketones is 1. The topological polar surface area (TPSA) is 80.7 Å². The van der Waals surface area contributed by atoms with Crippen LogP contribution < -0.4 is 4.74 Å². The van der Waals surface area contributed by atoms with Crippen LogP contribution in [0.15, 0.2) is 111 Å². The molecule has 0 unspecified atom stereocenters. The van der Waals surface area contributed by atoms with Crippen LogP contribution in [0.25, 0.3) is 0 Å². The van der Waals surface area contributed by atoms with Gasteiger partial charge in [-0.15, -0.1) is 0 Å². The molecule has 3 aromatic rings. The highest BCUT2D eigenvalue weighted by Gasteiger charge is 2.28. The molecule has 0 aliphatic heterocycles. The molecular weight excluding hydrogens is 400 g/mol. The van der Waals surface area contributed by atoms with Gasteiger partial charge < -0.3 is 9.84 Å². The van der Waals surface area contributed by atoms with E-state index < -0.39 is 34.2 Å². The van der Waals surface area contributed by atoms with E-state index in [1.807, 2.05) is 66.7 Å². The summed E-state index contributed by atoms with van der Waals surface area (Å²) in [6.45, 7) is 1.08. The van der Waals surface area contributed by atoms with Crippen molar-refractivity contribution in [3.63, 3.8) is 0 Å². The third kappa shape index (κ3) is 5.24. The number of aliphatic carboxylic acids is 1. The van der Waals surface area contributed by atoms with Crippen molar-refractivity contribution in [2.75, 3.05) is 0 Å². The molecule has 0 saturated heterocycles. The molecule has 0 bridgehead atoms. The monoisotopic (exact) mass is 419 g/mol. The van der Waals surface area contributed by atoms with E-state index in [2.05, 4.69) is 0 Å². The molecule has 1 N–H and O–H groups in total. The van der Waals surface area contributed by atoms with Crippen LogP contribution in [0, 0.1) is 0 Å². The van der Waals surface area contributed by atoms with Crippen molar-refractivity contribution in [3.8, 4) is 5.75 Å². The van der Waals surface area contributed by atoms with Crippen LogP contribution >= 0.6 is 0 Å². The Morgan fingerprint density at radius 2 is 1.33 bits per heavy atom. The van der Waals surface area contributed by atoms with Crippen LogP contribution in [0.4, 0.5) is 0 Å². The first-order valence-corrected chi connectivity index (χ1v) is 10.3. The summed E-state index contributed by atoms with van der Waals surface area (Å²) in [4.78, 5) is 37.8. The molecule has 0 heterocycles. The van der Waals surface area contributed by atoms with E-state index in [4.69, 9.17) is 9.84 Å². The Morgan fingerprint density at radius 3 is 1.83 bits per heavy atom. The molecule has 30 heavy (non-hydrogen) atoms. The lowest BCUT2D eigenvalue weighted by Crippen LogP contribution is -2.14. The highest BCUT2D eigenvalue weighted by molar-refractivity contribution is 7.97. The lowest BCUT2D eigenvalue weighted by Gasteiger charge is -2.09. The number of hydrogen-bond donors (Lipinski definition) is 1. The summed E-state index contributed by atoms with van der Waals surface area (Å²) < 4.78 is 5.28. The van der Waals surface area contributed by atoms with Crippen molar-refractivity contribution in [2.45, 2.75) is 21.6 Å². The van der Waals surface area contributed by atoms with E-state index in [1.54, 1.807) is 18.2 Å². The van der Waals surface area contributed by atoms with E-state index in [0.29, 0.717) is 6.08 Å². The van der Waals surface area contributed by atoms with Gasteiger partial charge in [0.15, 0.2) is 20.5 Å². The van der Waals surface area contributed by atoms with E-state index in [9.17, 15) is 14.4 Å². The summed E-state index contributed by atoms with van der Waals surface area (Å²) in [7, 11) is -0.420. The van der Waals surface area contributed by atoms with Gasteiger partial charge in [0, 0.05) is 12.1 Å². The molecule has 0 radical (unpaired) electrons. The Kier molecular flexibility index (Phi) is 6.83. The number of Topliss-reactive ketones (excluding diaryl/α,β-unsaturated/α-hetero) is 1. The van der Waals surface area contributed by atoms with Gasteiger partial charge in [-0.1, -0.05) is 42.5 Å². The first kappa shape index (κ1) is 21.1. The van der Waals surface area contributed by atoms with Crippen LogP contribution in [0.3, 0.4) is 0 Å². The summed E-state index contributed by atoms with van der Waals surface area (Å²) in [6, 6.07) is 27.1. The molecule has 0 fully saturated rings. The first-order chi connectivity index (χ1) is 14.5. The summed E-state index contributed by atoms with van der Waals surface area (Å²) in [5, 5.41) is 9.03. The van der Waals surface area contributed by atoms with Gasteiger partial charge in [-0.05, 0) is 43.3 Å². The Labute approximate surface area is 177 Å². The maximum atomic E-state index is 12.1. The molecule has 6 heteroatoms. The normalized spacial score (nSPS) is 11.2. The second-order valence-corrected chi connectivity index (χ2v) is 8.27. The molecule has 3 aromatic carbocycles. The van der Waals surface area contributed by atoms with Gasteiger partial charge in [-0.3, -0.25) is 4.79 Å². The quantitative estimate of drug-likeness (QED) is 0.154. The maximum Gasteiger partial charge on any atom is 0.339 e. The van der Waals surface area contributed by atoms with Crippen molar-refractivity contribution in [1.29, 1.82) is 0 Å². The fraction of sp³-hybridized carbons (Fsp3) is 0.0417. The van der Waals surface area contributed by atoms with Crippen LogP contribution in [-0.4, -0.2) is 22.8 Å². The Bertz CT molecular complexity index is 1040. The summed E-state index contributed by atoms with van der Waals surface area (Å²) in [5.74, 6) is -2.84. The number of ether oxygens (including phenoxy) is 1. The van der Waals surface area contributed by atoms with Crippen molar-refractivity contribution >= 4 is 28.6 Å². The van der Waals surface area contributed by atoms with Crippen molar-refractivity contribution in [3.05, 3.63) is 96.6 Å². The highest BCUT2D eigenvalue weighted by atomic mass is 32.2. The first-order valence-electron chi connectivity index (χ1n) is 9.08. The van der Waals surface area contributed by atoms with Gasteiger partial charge in [0.05, 0.1) is 10.9 Å². The van der Waals surface area contributed by atoms with Gasteiger partial charge in [0.2, 0.25) is 0 Å². The van der Waals surface area contributed by atoms with Crippen molar-refractivity contribution in [2.24, 2.45) is 0 Å². The zero-order valence-corrected chi connectivity index (χ0v) is 17.0.